The van der Waals surface area contributed by atoms with E-state index in [2.05, 4.69) is 15.4 Å². The maximum atomic E-state index is 12.1. The molecule has 0 aliphatic heterocycles. The van der Waals surface area contributed by atoms with Crippen LogP contribution in [-0.2, 0) is 4.79 Å². The number of unbranched alkanes of at least 4 members (excludes halogenated alkanes) is 2. The summed E-state index contributed by atoms with van der Waals surface area (Å²) in [6, 6.07) is 5.08. The zero-order valence-electron chi connectivity index (χ0n) is 13.6. The summed E-state index contributed by atoms with van der Waals surface area (Å²) in [6.07, 6.45) is 2.14. The number of aryl methyl sites for hydroxylation is 1. The summed E-state index contributed by atoms with van der Waals surface area (Å²) >= 11 is 12.3. The van der Waals surface area contributed by atoms with Crippen molar-refractivity contribution >= 4 is 35.1 Å². The highest BCUT2D eigenvalue weighted by atomic mass is 35.5. The summed E-state index contributed by atoms with van der Waals surface area (Å²) in [6.45, 7) is 2.13. The number of nitrogens with zero attached hydrogens (tertiary/aromatic N) is 3. The standard InChI is InChI=1S/C16H18Cl2N4O3/c1-10-20-15(16(25)19-9-4-2-3-8-13(23)24)21-22(10)14-11(17)6-5-7-12(14)18/h5-7H,2-4,8-9H2,1H3,(H,19,25)(H,23,24). The van der Waals surface area contributed by atoms with Gasteiger partial charge in [0, 0.05) is 13.0 Å². The van der Waals surface area contributed by atoms with Crippen molar-refractivity contribution in [2.75, 3.05) is 6.54 Å². The molecule has 1 aromatic heterocycles. The number of carbonyl (C=O) groups excluding carboxylic acids is 1. The van der Waals surface area contributed by atoms with Crippen LogP contribution in [0, 0.1) is 6.92 Å². The average molecular weight is 385 g/mol. The van der Waals surface area contributed by atoms with Gasteiger partial charge in [-0.05, 0) is 31.9 Å². The number of halogens is 2. The van der Waals surface area contributed by atoms with E-state index in [0.29, 0.717) is 40.9 Å². The highest BCUT2D eigenvalue weighted by Crippen LogP contribution is 2.28. The highest BCUT2D eigenvalue weighted by Gasteiger charge is 2.18. The zero-order valence-corrected chi connectivity index (χ0v) is 15.1. The number of para-hydroxylation sites is 1. The van der Waals surface area contributed by atoms with Gasteiger partial charge in [-0.15, -0.1) is 5.10 Å². The smallest absolute Gasteiger partial charge is 0.303 e. The number of aliphatic carboxylic acids is 1. The highest BCUT2D eigenvalue weighted by molar-refractivity contribution is 6.37. The second kappa shape index (κ2) is 8.82. The van der Waals surface area contributed by atoms with Crippen molar-refractivity contribution in [1.82, 2.24) is 20.1 Å². The lowest BCUT2D eigenvalue weighted by atomic mass is 10.2. The molecule has 2 rings (SSSR count). The third kappa shape index (κ3) is 5.17. The minimum absolute atomic E-state index is 0.0269. The fraction of sp³-hybridized carbons (Fsp3) is 0.375. The summed E-state index contributed by atoms with van der Waals surface area (Å²) < 4.78 is 1.44. The molecule has 7 nitrogen and oxygen atoms in total. The van der Waals surface area contributed by atoms with Gasteiger partial charge in [0.1, 0.15) is 11.5 Å². The number of amides is 1. The molecule has 2 N–H and O–H groups in total. The minimum Gasteiger partial charge on any atom is -0.481 e. The lowest BCUT2D eigenvalue weighted by Crippen LogP contribution is -2.25. The van der Waals surface area contributed by atoms with Gasteiger partial charge in [-0.1, -0.05) is 35.7 Å². The Bertz CT molecular complexity index is 756. The van der Waals surface area contributed by atoms with Crippen LogP contribution in [0.2, 0.25) is 10.0 Å². The molecule has 1 aromatic carbocycles. The van der Waals surface area contributed by atoms with Crippen LogP contribution in [0.5, 0.6) is 0 Å². The molecule has 134 valence electrons. The normalized spacial score (nSPS) is 10.7. The summed E-state index contributed by atoms with van der Waals surface area (Å²) in [5.41, 5.74) is 0.476. The fourth-order valence-corrected chi connectivity index (χ4v) is 2.81. The average Bonchev–Trinajstić information content (AvgIpc) is 2.92. The number of benzene rings is 1. The minimum atomic E-state index is -0.813. The molecule has 0 unspecified atom stereocenters. The van der Waals surface area contributed by atoms with Crippen LogP contribution in [0.3, 0.4) is 0 Å². The number of hydrogen-bond acceptors (Lipinski definition) is 4. The van der Waals surface area contributed by atoms with Crippen LogP contribution in [0.4, 0.5) is 0 Å². The quantitative estimate of drug-likeness (QED) is 0.680. The maximum Gasteiger partial charge on any atom is 0.303 e. The van der Waals surface area contributed by atoms with E-state index in [1.54, 1.807) is 25.1 Å². The molecule has 25 heavy (non-hydrogen) atoms. The van der Waals surface area contributed by atoms with Gasteiger partial charge >= 0.3 is 5.97 Å². The molecule has 2 aromatic rings. The third-order valence-corrected chi connectivity index (χ3v) is 4.08. The second-order valence-corrected chi connectivity index (χ2v) is 6.24. The topological polar surface area (TPSA) is 97.1 Å². The van der Waals surface area contributed by atoms with Crippen molar-refractivity contribution in [2.45, 2.75) is 32.6 Å². The molecule has 0 atom stereocenters. The Hall–Kier alpha value is -2.12. The molecular weight excluding hydrogens is 367 g/mol. The summed E-state index contributed by atoms with van der Waals surface area (Å²) in [5.74, 6) is -0.698. The van der Waals surface area contributed by atoms with Crippen molar-refractivity contribution in [3.05, 3.63) is 39.9 Å². The van der Waals surface area contributed by atoms with Crippen molar-refractivity contribution in [3.63, 3.8) is 0 Å². The van der Waals surface area contributed by atoms with Crippen molar-refractivity contribution in [2.24, 2.45) is 0 Å². The van der Waals surface area contributed by atoms with Gasteiger partial charge in [-0.2, -0.15) is 0 Å². The Balaban J connectivity index is 1.97. The summed E-state index contributed by atoms with van der Waals surface area (Å²) in [5, 5.41) is 16.3. The lowest BCUT2D eigenvalue weighted by molar-refractivity contribution is -0.137. The molecule has 1 heterocycles. The number of carboxylic acid groups (broad SMARTS) is 1. The van der Waals surface area contributed by atoms with E-state index in [9.17, 15) is 9.59 Å². The Morgan fingerprint density at radius 3 is 2.52 bits per heavy atom. The van der Waals surface area contributed by atoms with Gasteiger partial charge in [0.05, 0.1) is 10.0 Å². The molecule has 0 aliphatic rings. The van der Waals surface area contributed by atoms with E-state index in [1.165, 1.54) is 4.68 Å². The predicted octanol–water partition coefficient (Wildman–Crippen LogP) is 3.26. The molecule has 0 spiro atoms. The Kier molecular flexibility index (Phi) is 6.78. The molecular formula is C16H18Cl2N4O3. The molecule has 0 fully saturated rings. The Morgan fingerprint density at radius 1 is 1.20 bits per heavy atom. The van der Waals surface area contributed by atoms with Gasteiger partial charge in [0.2, 0.25) is 5.82 Å². The van der Waals surface area contributed by atoms with E-state index >= 15 is 0 Å². The van der Waals surface area contributed by atoms with Gasteiger partial charge < -0.3 is 10.4 Å². The summed E-state index contributed by atoms with van der Waals surface area (Å²) in [4.78, 5) is 26.7. The lowest BCUT2D eigenvalue weighted by Gasteiger charge is -2.07. The van der Waals surface area contributed by atoms with Gasteiger partial charge in [0.15, 0.2) is 0 Å². The Labute approximate surface area is 155 Å². The van der Waals surface area contributed by atoms with Crippen LogP contribution in [0.15, 0.2) is 18.2 Å². The van der Waals surface area contributed by atoms with E-state index in [4.69, 9.17) is 28.3 Å². The van der Waals surface area contributed by atoms with Gasteiger partial charge in [-0.25, -0.2) is 9.67 Å². The predicted molar refractivity (Wildman–Crippen MR) is 94.6 cm³/mol. The molecule has 0 aliphatic carbocycles. The third-order valence-electron chi connectivity index (χ3n) is 3.47. The number of aromatic nitrogens is 3. The van der Waals surface area contributed by atoms with Gasteiger partial charge in [0.25, 0.3) is 5.91 Å². The number of hydrogen-bond donors (Lipinski definition) is 2. The van der Waals surface area contributed by atoms with Gasteiger partial charge in [-0.3, -0.25) is 9.59 Å². The zero-order chi connectivity index (χ0) is 18.4. The van der Waals surface area contributed by atoms with Crippen LogP contribution in [0.25, 0.3) is 5.69 Å². The molecule has 0 bridgehead atoms. The van der Waals surface area contributed by atoms with Crippen LogP contribution in [0.1, 0.15) is 42.1 Å². The first-order chi connectivity index (χ1) is 11.9. The first-order valence-corrected chi connectivity index (χ1v) is 8.53. The second-order valence-electron chi connectivity index (χ2n) is 5.42. The molecule has 9 heteroatoms. The SMILES string of the molecule is Cc1nc(C(=O)NCCCCCC(=O)O)nn1-c1c(Cl)cccc1Cl. The van der Waals surface area contributed by atoms with E-state index in [0.717, 1.165) is 6.42 Å². The fourth-order valence-electron chi connectivity index (χ4n) is 2.25. The van der Waals surface area contributed by atoms with Crippen LogP contribution >= 0.6 is 23.2 Å². The first kappa shape index (κ1) is 19.2. The number of carboxylic acids is 1. The molecule has 0 radical (unpaired) electrons. The van der Waals surface area contributed by atoms with Crippen molar-refractivity contribution in [1.29, 1.82) is 0 Å². The number of nitrogens with one attached hydrogen (secondary N) is 1. The molecule has 1 amide bonds. The van der Waals surface area contributed by atoms with Crippen LogP contribution < -0.4 is 5.32 Å². The van der Waals surface area contributed by atoms with E-state index in [-0.39, 0.29) is 12.2 Å². The molecule has 0 saturated carbocycles. The largest absolute Gasteiger partial charge is 0.481 e. The number of carbonyl (C=O) groups is 2. The van der Waals surface area contributed by atoms with Crippen molar-refractivity contribution in [3.8, 4) is 5.69 Å². The maximum absolute atomic E-state index is 12.1. The number of rotatable bonds is 8. The Morgan fingerprint density at radius 2 is 1.88 bits per heavy atom. The summed E-state index contributed by atoms with van der Waals surface area (Å²) in [7, 11) is 0. The van der Waals surface area contributed by atoms with Crippen molar-refractivity contribution < 1.29 is 14.7 Å². The van der Waals surface area contributed by atoms with E-state index < -0.39 is 11.9 Å². The first-order valence-electron chi connectivity index (χ1n) is 7.78. The van der Waals surface area contributed by atoms with Crippen LogP contribution in [-0.4, -0.2) is 38.3 Å². The molecule has 0 saturated heterocycles. The monoisotopic (exact) mass is 384 g/mol. The van der Waals surface area contributed by atoms with E-state index in [1.807, 2.05) is 0 Å².